The van der Waals surface area contributed by atoms with E-state index in [9.17, 15) is 4.79 Å². The Labute approximate surface area is 172 Å². The summed E-state index contributed by atoms with van der Waals surface area (Å²) < 4.78 is 0. The first-order valence-corrected chi connectivity index (χ1v) is 10.8. The van der Waals surface area contributed by atoms with Gasteiger partial charge in [-0.1, -0.05) is 0 Å². The predicted molar refractivity (Wildman–Crippen MR) is 113 cm³/mol. The van der Waals surface area contributed by atoms with Crippen LogP contribution in [0.3, 0.4) is 0 Å². The maximum Gasteiger partial charge on any atom is 0.290 e. The number of amides is 1. The second-order valence-corrected chi connectivity index (χ2v) is 8.30. The Balaban J connectivity index is 0.000000645. The molecule has 4 N–H and O–H groups in total. The highest BCUT2D eigenvalue weighted by Gasteiger charge is 2.38. The van der Waals surface area contributed by atoms with Crippen LogP contribution >= 0.6 is 11.3 Å². The number of aromatic amines is 1. The van der Waals surface area contributed by atoms with E-state index >= 15 is 0 Å². The first-order chi connectivity index (χ1) is 14.2. The summed E-state index contributed by atoms with van der Waals surface area (Å²) in [6.45, 7) is 1.69. The monoisotopic (exact) mass is 412 g/mol. The van der Waals surface area contributed by atoms with Crippen LogP contribution in [0.25, 0.3) is 22.2 Å². The molecule has 7 nitrogen and oxygen atoms in total. The summed E-state index contributed by atoms with van der Waals surface area (Å²) in [6.07, 6.45) is 3.79. The third kappa shape index (κ3) is 4.04. The lowest BCUT2D eigenvalue weighted by Crippen LogP contribution is -2.49. The number of hydrogen-bond acceptors (Lipinski definition) is 5. The molecule has 2 fully saturated rings. The first-order valence-electron chi connectivity index (χ1n) is 9.81. The zero-order valence-corrected chi connectivity index (χ0v) is 16.7. The fraction of sp³-hybridized carbons (Fsp3) is 0.381. The smallest absolute Gasteiger partial charge is 0.290 e. The SMILES string of the molecule is O=C(N[C@H]1CNCCC2CCC21)c1ccc2c(-c3ccsc3)n[nH]c2c1.O=CO. The third-order valence-corrected chi connectivity index (χ3v) is 6.67. The van der Waals surface area contributed by atoms with Crippen molar-refractivity contribution in [2.45, 2.75) is 25.3 Å². The number of H-pyrrole nitrogens is 1. The topological polar surface area (TPSA) is 107 Å². The molecular weight excluding hydrogens is 388 g/mol. The molecule has 1 saturated carbocycles. The van der Waals surface area contributed by atoms with Crippen LogP contribution in [-0.2, 0) is 4.79 Å². The normalized spacial score (nSPS) is 23.1. The quantitative estimate of drug-likeness (QED) is 0.495. The van der Waals surface area contributed by atoms with Crippen molar-refractivity contribution in [2.24, 2.45) is 11.8 Å². The van der Waals surface area contributed by atoms with Crippen molar-refractivity contribution in [3.8, 4) is 11.3 Å². The van der Waals surface area contributed by atoms with Crippen molar-refractivity contribution in [3.63, 3.8) is 0 Å². The maximum absolute atomic E-state index is 12.8. The van der Waals surface area contributed by atoms with Crippen LogP contribution in [0.4, 0.5) is 0 Å². The highest BCUT2D eigenvalue weighted by Crippen LogP contribution is 2.40. The highest BCUT2D eigenvalue weighted by molar-refractivity contribution is 7.08. The molecular formula is C21H24N4O3S. The molecule has 3 heterocycles. The molecule has 5 rings (SSSR count). The van der Waals surface area contributed by atoms with Gasteiger partial charge in [0.05, 0.1) is 5.52 Å². The van der Waals surface area contributed by atoms with Crippen LogP contribution in [0.1, 0.15) is 29.6 Å². The van der Waals surface area contributed by atoms with E-state index in [2.05, 4.69) is 32.3 Å². The lowest BCUT2D eigenvalue weighted by molar-refractivity contribution is -0.122. The Morgan fingerprint density at radius 2 is 2.14 bits per heavy atom. The van der Waals surface area contributed by atoms with Crippen LogP contribution in [0.5, 0.6) is 0 Å². The average molecular weight is 413 g/mol. The van der Waals surface area contributed by atoms with Gasteiger partial charge in [0.15, 0.2) is 0 Å². The number of rotatable bonds is 3. The molecule has 0 bridgehead atoms. The van der Waals surface area contributed by atoms with Gasteiger partial charge < -0.3 is 15.7 Å². The Kier molecular flexibility index (Phi) is 5.92. The van der Waals surface area contributed by atoms with E-state index in [1.165, 1.54) is 19.3 Å². The predicted octanol–water partition coefficient (Wildman–Crippen LogP) is 3.11. The number of nitrogens with one attached hydrogen (secondary N) is 3. The van der Waals surface area contributed by atoms with Crippen molar-refractivity contribution >= 4 is 34.6 Å². The van der Waals surface area contributed by atoms with Gasteiger partial charge >= 0.3 is 0 Å². The largest absolute Gasteiger partial charge is 0.483 e. The van der Waals surface area contributed by atoms with Crippen molar-refractivity contribution in [1.29, 1.82) is 0 Å². The number of fused-ring (bicyclic) bond motifs is 2. The van der Waals surface area contributed by atoms with E-state index < -0.39 is 0 Å². The van der Waals surface area contributed by atoms with Gasteiger partial charge in [0.2, 0.25) is 0 Å². The lowest BCUT2D eigenvalue weighted by atomic mass is 9.69. The standard InChI is InChI=1S/C20H22N4OS.CH2O2/c25-20(22-18-10-21-7-5-12-1-3-15(12)18)13-2-4-16-17(9-13)23-24-19(16)14-6-8-26-11-14;2-1-3/h2,4,6,8-9,11-12,15,18,21H,1,3,5,7,10H2,(H,22,25)(H,23,24);1H,(H,2,3)/t12?,15?,18-;/m0./s1. The van der Waals surface area contributed by atoms with E-state index in [-0.39, 0.29) is 18.4 Å². The van der Waals surface area contributed by atoms with Crippen LogP contribution in [0.2, 0.25) is 0 Å². The molecule has 152 valence electrons. The van der Waals surface area contributed by atoms with Gasteiger partial charge in [-0.15, -0.1) is 0 Å². The number of nitrogens with zero attached hydrogens (tertiary/aromatic N) is 1. The molecule has 2 aliphatic rings. The van der Waals surface area contributed by atoms with Crippen molar-refractivity contribution in [2.75, 3.05) is 13.1 Å². The molecule has 8 heteroatoms. The molecule has 3 aromatic rings. The summed E-state index contributed by atoms with van der Waals surface area (Å²) in [5.74, 6) is 1.42. The number of aromatic nitrogens is 2. The van der Waals surface area contributed by atoms with E-state index in [0.29, 0.717) is 11.5 Å². The van der Waals surface area contributed by atoms with E-state index in [1.54, 1.807) is 11.3 Å². The van der Waals surface area contributed by atoms with E-state index in [4.69, 9.17) is 9.90 Å². The fourth-order valence-electron chi connectivity index (χ4n) is 4.37. The number of hydrogen-bond donors (Lipinski definition) is 4. The molecule has 1 aliphatic carbocycles. The molecule has 3 atom stereocenters. The lowest BCUT2D eigenvalue weighted by Gasteiger charge is -2.40. The van der Waals surface area contributed by atoms with Crippen molar-refractivity contribution in [3.05, 3.63) is 40.6 Å². The van der Waals surface area contributed by atoms with Crippen LogP contribution in [0, 0.1) is 11.8 Å². The van der Waals surface area contributed by atoms with Crippen molar-refractivity contribution < 1.29 is 14.7 Å². The fourth-order valence-corrected chi connectivity index (χ4v) is 5.01. The summed E-state index contributed by atoms with van der Waals surface area (Å²) in [7, 11) is 0. The molecule has 0 radical (unpaired) electrons. The molecule has 29 heavy (non-hydrogen) atoms. The number of carbonyl (C=O) groups is 2. The van der Waals surface area contributed by atoms with Crippen LogP contribution in [0.15, 0.2) is 35.0 Å². The second kappa shape index (κ2) is 8.75. The number of benzene rings is 1. The summed E-state index contributed by atoms with van der Waals surface area (Å²) >= 11 is 1.66. The van der Waals surface area contributed by atoms with Crippen molar-refractivity contribution in [1.82, 2.24) is 20.8 Å². The third-order valence-electron chi connectivity index (χ3n) is 5.99. The first kappa shape index (κ1) is 19.6. The Morgan fingerprint density at radius 1 is 1.28 bits per heavy atom. The van der Waals surface area contributed by atoms with Gasteiger partial charge in [-0.3, -0.25) is 14.7 Å². The van der Waals surface area contributed by atoms with Crippen LogP contribution < -0.4 is 10.6 Å². The van der Waals surface area contributed by atoms with Gasteiger partial charge in [-0.05, 0) is 67.3 Å². The number of thiophene rings is 1. The minimum Gasteiger partial charge on any atom is -0.483 e. The molecule has 1 amide bonds. The van der Waals surface area contributed by atoms with Gasteiger partial charge in [-0.2, -0.15) is 16.4 Å². The molecule has 1 saturated heterocycles. The van der Waals surface area contributed by atoms with Crippen LogP contribution in [-0.4, -0.2) is 46.8 Å². The molecule has 1 aliphatic heterocycles. The Morgan fingerprint density at radius 3 is 2.86 bits per heavy atom. The second-order valence-electron chi connectivity index (χ2n) is 7.52. The Hall–Kier alpha value is -2.71. The van der Waals surface area contributed by atoms with Gasteiger partial charge in [0.1, 0.15) is 5.69 Å². The van der Waals surface area contributed by atoms with Gasteiger partial charge in [-0.25, -0.2) is 0 Å². The van der Waals surface area contributed by atoms with E-state index in [1.807, 2.05) is 23.6 Å². The zero-order valence-electron chi connectivity index (χ0n) is 15.9. The Bertz CT molecular complexity index is 985. The summed E-state index contributed by atoms with van der Waals surface area (Å²) in [4.78, 5) is 21.2. The zero-order chi connectivity index (χ0) is 20.2. The summed E-state index contributed by atoms with van der Waals surface area (Å²) in [5.41, 5.74) is 3.65. The molecule has 2 unspecified atom stereocenters. The minimum atomic E-state index is -0.250. The maximum atomic E-state index is 12.8. The molecule has 1 aromatic carbocycles. The number of carboxylic acid groups (broad SMARTS) is 1. The van der Waals surface area contributed by atoms with Gasteiger partial charge in [0.25, 0.3) is 12.4 Å². The molecule has 0 spiro atoms. The van der Waals surface area contributed by atoms with Gasteiger partial charge in [0, 0.05) is 34.5 Å². The highest BCUT2D eigenvalue weighted by atomic mass is 32.1. The molecule has 2 aromatic heterocycles. The average Bonchev–Trinajstić information content (AvgIpc) is 3.33. The minimum absolute atomic E-state index is 0.0120. The number of carbonyl (C=O) groups excluding carboxylic acids is 1. The van der Waals surface area contributed by atoms with E-state index in [0.717, 1.165) is 41.2 Å². The summed E-state index contributed by atoms with van der Waals surface area (Å²) in [5, 5.41) is 26.3. The summed E-state index contributed by atoms with van der Waals surface area (Å²) in [6, 6.07) is 8.12.